The van der Waals surface area contributed by atoms with Crippen molar-refractivity contribution in [2.24, 2.45) is 11.7 Å². The van der Waals surface area contributed by atoms with Gasteiger partial charge in [-0.05, 0) is 19.8 Å². The predicted octanol–water partition coefficient (Wildman–Crippen LogP) is -0.839. The van der Waals surface area contributed by atoms with Crippen molar-refractivity contribution in [3.05, 3.63) is 0 Å². The van der Waals surface area contributed by atoms with Crippen LogP contribution in [0, 0.1) is 5.92 Å². The molecule has 0 aromatic rings. The Kier molecular flexibility index (Phi) is 6.77. The highest BCUT2D eigenvalue weighted by atomic mass is 28.4. The van der Waals surface area contributed by atoms with Gasteiger partial charge in [0.25, 0.3) is 0 Å². The number of hydrogen-bond acceptors (Lipinski definition) is 5. The van der Waals surface area contributed by atoms with E-state index in [9.17, 15) is 0 Å². The quantitative estimate of drug-likeness (QED) is 0.383. The molecular weight excluding hydrogens is 190 g/mol. The minimum atomic E-state index is -4.61. The number of nitrogens with two attached hydrogens (primary N) is 1. The van der Waals surface area contributed by atoms with Crippen molar-refractivity contribution in [3.8, 4) is 0 Å². The van der Waals surface area contributed by atoms with Crippen molar-refractivity contribution in [3.63, 3.8) is 0 Å². The Balaban J connectivity index is 0. The number of rotatable bonds is 2. The summed E-state index contributed by atoms with van der Waals surface area (Å²) >= 11 is 0. The molecule has 0 saturated carbocycles. The lowest BCUT2D eigenvalue weighted by Gasteiger charge is -2.25. The maximum Gasteiger partial charge on any atom is 0.668 e. The smallest absolute Gasteiger partial charge is 0.368 e. The summed E-state index contributed by atoms with van der Waals surface area (Å²) in [4.78, 5) is 29.3. The van der Waals surface area contributed by atoms with Crippen molar-refractivity contribution < 1.29 is 19.2 Å². The van der Waals surface area contributed by atoms with Gasteiger partial charge in [0.1, 0.15) is 0 Å². The molecule has 0 aromatic heterocycles. The van der Waals surface area contributed by atoms with E-state index in [-0.39, 0.29) is 5.54 Å². The molecule has 0 aliphatic heterocycles. The first-order valence-electron chi connectivity index (χ1n) is 4.16. The zero-order valence-corrected chi connectivity index (χ0v) is 9.65. The van der Waals surface area contributed by atoms with Crippen molar-refractivity contribution in [2.75, 3.05) is 0 Å². The van der Waals surface area contributed by atoms with E-state index >= 15 is 0 Å². The summed E-state index contributed by atoms with van der Waals surface area (Å²) in [5, 5.41) is 0. The molecule has 5 nitrogen and oxygen atoms in total. The molecule has 6 heteroatoms. The summed E-state index contributed by atoms with van der Waals surface area (Å²) < 4.78 is 0. The van der Waals surface area contributed by atoms with E-state index in [2.05, 4.69) is 27.7 Å². The van der Waals surface area contributed by atoms with Crippen LogP contribution in [0.15, 0.2) is 0 Å². The van der Waals surface area contributed by atoms with E-state index < -0.39 is 9.05 Å². The van der Waals surface area contributed by atoms with Crippen LogP contribution < -0.4 is 5.73 Å². The molecule has 0 heterocycles. The predicted molar refractivity (Wildman–Crippen MR) is 52.4 cm³/mol. The lowest BCUT2D eigenvalue weighted by Crippen LogP contribution is -2.38. The molecule has 1 atom stereocenters. The van der Waals surface area contributed by atoms with E-state index in [1.165, 1.54) is 6.42 Å². The molecule has 0 aromatic carbocycles. The zero-order chi connectivity index (χ0) is 11.3. The molecule has 6 N–H and O–H groups in total. The van der Waals surface area contributed by atoms with Gasteiger partial charge in [0.05, 0.1) is 0 Å². The van der Waals surface area contributed by atoms with Crippen LogP contribution in [0.25, 0.3) is 0 Å². The molecule has 0 aliphatic carbocycles. The van der Waals surface area contributed by atoms with Gasteiger partial charge in [-0.1, -0.05) is 20.3 Å². The van der Waals surface area contributed by atoms with Crippen molar-refractivity contribution >= 4 is 9.05 Å². The van der Waals surface area contributed by atoms with E-state index in [0.29, 0.717) is 5.92 Å². The van der Waals surface area contributed by atoms with Gasteiger partial charge in [-0.2, -0.15) is 0 Å². The first kappa shape index (κ1) is 15.5. The Morgan fingerprint density at radius 1 is 1.23 bits per heavy atom. The Labute approximate surface area is 80.3 Å². The van der Waals surface area contributed by atoms with Crippen LogP contribution in [0.5, 0.6) is 0 Å². The Morgan fingerprint density at radius 2 is 1.46 bits per heavy atom. The van der Waals surface area contributed by atoms with Gasteiger partial charge in [0.2, 0.25) is 0 Å². The second kappa shape index (κ2) is 5.69. The maximum absolute atomic E-state index is 7.33. The third-order valence-corrected chi connectivity index (χ3v) is 1.88. The van der Waals surface area contributed by atoms with Gasteiger partial charge in [-0.25, -0.2) is 0 Å². The Hall–Kier alpha value is 0.0169. The van der Waals surface area contributed by atoms with Gasteiger partial charge in [0, 0.05) is 5.54 Å². The summed E-state index contributed by atoms with van der Waals surface area (Å²) in [6, 6.07) is 0. The van der Waals surface area contributed by atoms with Gasteiger partial charge >= 0.3 is 9.05 Å². The van der Waals surface area contributed by atoms with Gasteiger partial charge in [0.15, 0.2) is 0 Å². The molecule has 0 rings (SSSR count). The largest absolute Gasteiger partial charge is 0.668 e. The normalized spacial score (nSPS) is 14.5. The molecule has 1 unspecified atom stereocenters. The lowest BCUT2D eigenvalue weighted by atomic mass is 9.88. The fourth-order valence-electron chi connectivity index (χ4n) is 0.526. The first-order valence-corrected chi connectivity index (χ1v) is 5.95. The molecule has 0 aliphatic rings. The van der Waals surface area contributed by atoms with Crippen LogP contribution in [0.1, 0.15) is 34.1 Å². The van der Waals surface area contributed by atoms with Crippen molar-refractivity contribution in [1.82, 2.24) is 0 Å². The van der Waals surface area contributed by atoms with Crippen LogP contribution >= 0.6 is 0 Å². The zero-order valence-electron chi connectivity index (χ0n) is 8.65. The summed E-state index contributed by atoms with van der Waals surface area (Å²) in [5.74, 6) is 0.627. The summed E-state index contributed by atoms with van der Waals surface area (Å²) in [6.45, 7) is 8.49. The van der Waals surface area contributed by atoms with Crippen LogP contribution in [0.3, 0.4) is 0 Å². The molecular formula is C7H21NO4Si. The topological polar surface area (TPSA) is 107 Å². The van der Waals surface area contributed by atoms with Crippen LogP contribution in [-0.2, 0) is 0 Å². The Bertz CT molecular complexity index is 123. The second-order valence-corrected chi connectivity index (χ2v) is 4.93. The summed E-state index contributed by atoms with van der Waals surface area (Å²) in [5.41, 5.74) is 5.80. The van der Waals surface area contributed by atoms with Gasteiger partial charge < -0.3 is 24.9 Å². The second-order valence-electron chi connectivity index (χ2n) is 3.73. The average Bonchev–Trinajstić information content (AvgIpc) is 1.80. The molecule has 0 bridgehead atoms. The van der Waals surface area contributed by atoms with Crippen LogP contribution in [0.4, 0.5) is 0 Å². The maximum atomic E-state index is 7.33. The fraction of sp³-hybridized carbons (Fsp3) is 1.00. The molecule has 0 fully saturated rings. The SMILES string of the molecule is CCC(C)C(C)(C)N.O[Si](O)(O)O. The highest BCUT2D eigenvalue weighted by molar-refractivity contribution is 6.46. The van der Waals surface area contributed by atoms with Crippen molar-refractivity contribution in [2.45, 2.75) is 39.7 Å². The lowest BCUT2D eigenvalue weighted by molar-refractivity contribution is 0.117. The van der Waals surface area contributed by atoms with Gasteiger partial charge in [-0.3, -0.25) is 0 Å². The van der Waals surface area contributed by atoms with Crippen molar-refractivity contribution in [1.29, 1.82) is 0 Å². The van der Waals surface area contributed by atoms with Gasteiger partial charge in [-0.15, -0.1) is 0 Å². The standard InChI is InChI=1S/C7H17N.H4O4Si/c1-5-6(2)7(3,4)8;1-5(2,3)4/h6H,5,8H2,1-4H3;1-4H. The van der Waals surface area contributed by atoms with Crippen LogP contribution in [0.2, 0.25) is 0 Å². The molecule has 0 saturated heterocycles. The fourth-order valence-corrected chi connectivity index (χ4v) is 0.526. The van der Waals surface area contributed by atoms with Crippen LogP contribution in [-0.4, -0.2) is 33.8 Å². The van der Waals surface area contributed by atoms with E-state index in [1.807, 2.05) is 0 Å². The Morgan fingerprint density at radius 3 is 1.46 bits per heavy atom. The monoisotopic (exact) mass is 211 g/mol. The number of hydrogen-bond donors (Lipinski definition) is 5. The molecule has 13 heavy (non-hydrogen) atoms. The van der Waals surface area contributed by atoms with E-state index in [0.717, 1.165) is 0 Å². The molecule has 82 valence electrons. The molecule has 0 radical (unpaired) electrons. The minimum absolute atomic E-state index is 0.00868. The third-order valence-electron chi connectivity index (χ3n) is 1.88. The molecule has 0 spiro atoms. The minimum Gasteiger partial charge on any atom is -0.368 e. The highest BCUT2D eigenvalue weighted by Crippen LogP contribution is 2.14. The first-order chi connectivity index (χ1) is 5.48. The molecule has 0 amide bonds. The third kappa shape index (κ3) is 18.8. The van der Waals surface area contributed by atoms with E-state index in [1.54, 1.807) is 0 Å². The average molecular weight is 211 g/mol. The van der Waals surface area contributed by atoms with E-state index in [4.69, 9.17) is 24.9 Å². The summed E-state index contributed by atoms with van der Waals surface area (Å²) in [6.07, 6.45) is 1.17. The highest BCUT2D eigenvalue weighted by Gasteiger charge is 2.22. The summed E-state index contributed by atoms with van der Waals surface area (Å²) in [7, 11) is -4.61.